The van der Waals surface area contributed by atoms with E-state index in [4.69, 9.17) is 4.74 Å². The fourth-order valence-electron chi connectivity index (χ4n) is 4.54. The van der Waals surface area contributed by atoms with E-state index in [9.17, 15) is 9.59 Å². The number of nitrogens with zero attached hydrogens (tertiary/aromatic N) is 3. The van der Waals surface area contributed by atoms with Gasteiger partial charge in [0.2, 0.25) is 5.91 Å². The number of anilines is 1. The number of H-pyrrole nitrogens is 1. The van der Waals surface area contributed by atoms with Gasteiger partial charge in [0.1, 0.15) is 5.75 Å². The average Bonchev–Trinajstić information content (AvgIpc) is 3.22. The number of fused-ring (bicyclic) bond motifs is 1. The molecular formula is C24H26N4O3. The van der Waals surface area contributed by atoms with Gasteiger partial charge in [-0.1, -0.05) is 30.3 Å². The van der Waals surface area contributed by atoms with Gasteiger partial charge in [-0.05, 0) is 18.2 Å². The lowest BCUT2D eigenvalue weighted by molar-refractivity contribution is -0.140. The first-order valence-corrected chi connectivity index (χ1v) is 10.7. The number of amides is 2. The Morgan fingerprint density at radius 3 is 2.42 bits per heavy atom. The predicted octanol–water partition coefficient (Wildman–Crippen LogP) is 2.60. The van der Waals surface area contributed by atoms with Crippen molar-refractivity contribution in [1.29, 1.82) is 0 Å². The van der Waals surface area contributed by atoms with Crippen LogP contribution in [0.25, 0.3) is 10.9 Å². The summed E-state index contributed by atoms with van der Waals surface area (Å²) in [6.45, 7) is 3.90. The fourth-order valence-corrected chi connectivity index (χ4v) is 4.54. The summed E-state index contributed by atoms with van der Waals surface area (Å²) in [6, 6.07) is 15.8. The number of piperazine rings is 1. The molecule has 0 atom stereocenters. The molecule has 0 saturated carbocycles. The molecule has 1 N–H and O–H groups in total. The third kappa shape index (κ3) is 3.50. The molecule has 2 fully saturated rings. The summed E-state index contributed by atoms with van der Waals surface area (Å²) in [6.07, 6.45) is 1.76. The fraction of sp³-hybridized carbons (Fsp3) is 0.333. The van der Waals surface area contributed by atoms with Crippen LogP contribution < -0.4 is 9.64 Å². The van der Waals surface area contributed by atoms with Gasteiger partial charge in [-0.3, -0.25) is 9.59 Å². The predicted molar refractivity (Wildman–Crippen MR) is 119 cm³/mol. The monoisotopic (exact) mass is 418 g/mol. The molecule has 0 aliphatic carbocycles. The number of methoxy groups -OCH3 is 1. The van der Waals surface area contributed by atoms with E-state index in [1.807, 2.05) is 47.4 Å². The minimum absolute atomic E-state index is 0.0116. The molecule has 0 spiro atoms. The number of hydrogen-bond acceptors (Lipinski definition) is 4. The minimum Gasteiger partial charge on any atom is -0.495 e. The van der Waals surface area contributed by atoms with Crippen molar-refractivity contribution >= 4 is 28.4 Å². The quantitative estimate of drug-likeness (QED) is 0.707. The van der Waals surface area contributed by atoms with Crippen LogP contribution in [-0.4, -0.2) is 73.0 Å². The van der Waals surface area contributed by atoms with Gasteiger partial charge >= 0.3 is 0 Å². The Labute approximate surface area is 181 Å². The molecule has 7 nitrogen and oxygen atoms in total. The summed E-state index contributed by atoms with van der Waals surface area (Å²) in [5.41, 5.74) is 2.69. The maximum atomic E-state index is 13.0. The van der Waals surface area contributed by atoms with Crippen LogP contribution in [0.3, 0.4) is 0 Å². The molecule has 0 unspecified atom stereocenters. The molecule has 2 saturated heterocycles. The highest BCUT2D eigenvalue weighted by Crippen LogP contribution is 2.29. The molecule has 5 rings (SSSR count). The van der Waals surface area contributed by atoms with Crippen LogP contribution >= 0.6 is 0 Å². The lowest BCUT2D eigenvalue weighted by Gasteiger charge is -2.43. The van der Waals surface area contributed by atoms with Gasteiger partial charge < -0.3 is 24.4 Å². The molecule has 0 radical (unpaired) electrons. The Bertz CT molecular complexity index is 1110. The summed E-state index contributed by atoms with van der Waals surface area (Å²) in [4.78, 5) is 34.9. The highest BCUT2D eigenvalue weighted by atomic mass is 16.5. The van der Waals surface area contributed by atoms with E-state index < -0.39 is 0 Å². The Balaban J connectivity index is 1.16. The SMILES string of the molecule is COc1ccccc1N1CCN(C(=O)C2CN(C(=O)c3c[nH]c4ccccc34)C2)CC1. The number of carbonyl (C=O) groups excluding carboxylic acids is 2. The number of hydrogen-bond donors (Lipinski definition) is 1. The summed E-state index contributed by atoms with van der Waals surface area (Å²) in [7, 11) is 1.68. The normalized spacial score (nSPS) is 17.0. The summed E-state index contributed by atoms with van der Waals surface area (Å²) < 4.78 is 5.47. The molecule has 2 aromatic carbocycles. The van der Waals surface area contributed by atoms with Gasteiger partial charge in [0, 0.05) is 56.4 Å². The number of benzene rings is 2. The highest BCUT2D eigenvalue weighted by molar-refractivity contribution is 6.07. The standard InChI is InChI=1S/C24H26N4O3/c1-31-22-9-5-4-8-21(22)26-10-12-27(13-11-26)23(29)17-15-28(16-17)24(30)19-14-25-20-7-3-2-6-18(19)20/h2-9,14,17,25H,10-13,15-16H2,1H3. The maximum Gasteiger partial charge on any atom is 0.256 e. The van der Waals surface area contributed by atoms with Crippen LogP contribution in [0, 0.1) is 5.92 Å². The van der Waals surface area contributed by atoms with E-state index in [1.54, 1.807) is 18.2 Å². The summed E-state index contributed by atoms with van der Waals surface area (Å²) in [5.74, 6) is 0.893. The van der Waals surface area contributed by atoms with Crippen LogP contribution in [0.5, 0.6) is 5.75 Å². The second-order valence-electron chi connectivity index (χ2n) is 8.14. The van der Waals surface area contributed by atoms with Crippen LogP contribution in [-0.2, 0) is 4.79 Å². The molecule has 0 bridgehead atoms. The molecule has 2 amide bonds. The van der Waals surface area contributed by atoms with Crippen LogP contribution in [0.2, 0.25) is 0 Å². The number of para-hydroxylation sites is 3. The van der Waals surface area contributed by atoms with Crippen LogP contribution in [0.1, 0.15) is 10.4 Å². The number of likely N-dealkylation sites (tertiary alicyclic amines) is 1. The maximum absolute atomic E-state index is 13.0. The Morgan fingerprint density at radius 1 is 0.935 bits per heavy atom. The molecule has 1 aromatic heterocycles. The van der Waals surface area contributed by atoms with Gasteiger partial charge in [0.05, 0.1) is 24.3 Å². The van der Waals surface area contributed by atoms with E-state index in [2.05, 4.69) is 16.0 Å². The van der Waals surface area contributed by atoms with E-state index in [0.29, 0.717) is 31.7 Å². The Hall–Kier alpha value is -3.48. The summed E-state index contributed by atoms with van der Waals surface area (Å²) in [5, 5.41) is 0.926. The van der Waals surface area contributed by atoms with E-state index in [-0.39, 0.29) is 17.7 Å². The molecular weight excluding hydrogens is 392 g/mol. The molecule has 2 aliphatic heterocycles. The number of nitrogens with one attached hydrogen (secondary N) is 1. The first-order chi connectivity index (χ1) is 15.2. The van der Waals surface area contributed by atoms with Gasteiger partial charge in [0.25, 0.3) is 5.91 Å². The zero-order chi connectivity index (χ0) is 21.4. The van der Waals surface area contributed by atoms with Crippen molar-refractivity contribution in [3.8, 4) is 5.75 Å². The molecule has 3 heterocycles. The topological polar surface area (TPSA) is 68.9 Å². The Kier molecular flexibility index (Phi) is 5.02. The van der Waals surface area contributed by atoms with Crippen molar-refractivity contribution in [2.75, 3.05) is 51.3 Å². The highest BCUT2D eigenvalue weighted by Gasteiger charge is 2.39. The number of aromatic nitrogens is 1. The second-order valence-corrected chi connectivity index (χ2v) is 8.14. The number of aromatic amines is 1. The smallest absolute Gasteiger partial charge is 0.256 e. The number of carbonyl (C=O) groups is 2. The van der Waals surface area contributed by atoms with Gasteiger partial charge in [0.15, 0.2) is 0 Å². The first-order valence-electron chi connectivity index (χ1n) is 10.7. The van der Waals surface area contributed by atoms with Gasteiger partial charge in [-0.2, -0.15) is 0 Å². The number of ether oxygens (including phenoxy) is 1. The molecule has 2 aliphatic rings. The lowest BCUT2D eigenvalue weighted by Crippen LogP contribution is -2.59. The molecule has 31 heavy (non-hydrogen) atoms. The second kappa shape index (κ2) is 7.98. The van der Waals surface area contributed by atoms with Gasteiger partial charge in [-0.15, -0.1) is 0 Å². The van der Waals surface area contributed by atoms with Gasteiger partial charge in [-0.25, -0.2) is 0 Å². The molecule has 160 valence electrons. The first kappa shape index (κ1) is 19.5. The minimum atomic E-state index is -0.105. The average molecular weight is 418 g/mol. The third-order valence-corrected chi connectivity index (χ3v) is 6.35. The van der Waals surface area contributed by atoms with Crippen LogP contribution in [0.15, 0.2) is 54.7 Å². The van der Waals surface area contributed by atoms with Crippen molar-refractivity contribution < 1.29 is 14.3 Å². The lowest BCUT2D eigenvalue weighted by atomic mass is 9.96. The van der Waals surface area contributed by atoms with Crippen LogP contribution in [0.4, 0.5) is 5.69 Å². The van der Waals surface area contributed by atoms with Crippen molar-refractivity contribution in [2.45, 2.75) is 0 Å². The Morgan fingerprint density at radius 2 is 1.65 bits per heavy atom. The van der Waals surface area contributed by atoms with Crippen molar-refractivity contribution in [3.63, 3.8) is 0 Å². The van der Waals surface area contributed by atoms with Crippen molar-refractivity contribution in [3.05, 3.63) is 60.3 Å². The largest absolute Gasteiger partial charge is 0.495 e. The van der Waals surface area contributed by atoms with E-state index >= 15 is 0 Å². The van der Waals surface area contributed by atoms with Crippen molar-refractivity contribution in [1.82, 2.24) is 14.8 Å². The van der Waals surface area contributed by atoms with Crippen molar-refractivity contribution in [2.24, 2.45) is 5.92 Å². The molecule has 3 aromatic rings. The summed E-state index contributed by atoms with van der Waals surface area (Å²) >= 11 is 0. The zero-order valence-electron chi connectivity index (χ0n) is 17.6. The third-order valence-electron chi connectivity index (χ3n) is 6.35. The zero-order valence-corrected chi connectivity index (χ0v) is 17.6. The molecule has 7 heteroatoms. The van der Waals surface area contributed by atoms with E-state index in [0.717, 1.165) is 35.4 Å². The number of rotatable bonds is 4. The van der Waals surface area contributed by atoms with E-state index in [1.165, 1.54) is 0 Å².